The first kappa shape index (κ1) is 30.1. The first-order chi connectivity index (χ1) is 16.3. The zero-order chi connectivity index (χ0) is 26.7. The molecule has 0 bridgehead atoms. The van der Waals surface area contributed by atoms with Crippen molar-refractivity contribution in [3.8, 4) is 0 Å². The van der Waals surface area contributed by atoms with Crippen LogP contribution in [-0.2, 0) is 19.2 Å². The van der Waals surface area contributed by atoms with Crippen molar-refractivity contribution >= 4 is 29.7 Å². The number of guanidine groups is 1. The van der Waals surface area contributed by atoms with Crippen LogP contribution in [0.5, 0.6) is 0 Å². The van der Waals surface area contributed by atoms with Gasteiger partial charge in [0.1, 0.15) is 18.1 Å². The molecule has 35 heavy (non-hydrogen) atoms. The molecule has 1 heterocycles. The number of amides is 3. The Hall–Kier alpha value is -2.89. The van der Waals surface area contributed by atoms with E-state index >= 15 is 0 Å². The van der Waals surface area contributed by atoms with Crippen molar-refractivity contribution in [2.24, 2.45) is 23.3 Å². The molecule has 9 N–H and O–H groups in total. The Bertz CT molecular complexity index is 759. The van der Waals surface area contributed by atoms with E-state index in [2.05, 4.69) is 16.0 Å². The van der Waals surface area contributed by atoms with Gasteiger partial charge >= 0.3 is 5.97 Å². The summed E-state index contributed by atoms with van der Waals surface area (Å²) in [4.78, 5) is 52.1. The number of likely N-dealkylation sites (tertiary alicyclic amines) is 1. The molecule has 4 atom stereocenters. The number of carbonyl (C=O) groups is 4. The van der Waals surface area contributed by atoms with Gasteiger partial charge in [-0.3, -0.25) is 19.8 Å². The summed E-state index contributed by atoms with van der Waals surface area (Å²) >= 11 is 0. The molecule has 1 rings (SSSR count). The lowest BCUT2D eigenvalue weighted by Gasteiger charge is -2.30. The van der Waals surface area contributed by atoms with E-state index in [-0.39, 0.29) is 30.1 Å². The van der Waals surface area contributed by atoms with Crippen molar-refractivity contribution in [1.82, 2.24) is 20.9 Å². The Morgan fingerprint density at radius 3 is 2.23 bits per heavy atom. The van der Waals surface area contributed by atoms with E-state index in [0.717, 1.165) is 0 Å². The second-order valence-corrected chi connectivity index (χ2v) is 10.00. The largest absolute Gasteiger partial charge is 0.480 e. The summed E-state index contributed by atoms with van der Waals surface area (Å²) in [6.45, 7) is 8.45. The monoisotopic (exact) mass is 497 g/mol. The highest BCUT2D eigenvalue weighted by atomic mass is 16.4. The average molecular weight is 498 g/mol. The normalized spacial score (nSPS) is 18.1. The van der Waals surface area contributed by atoms with Crippen LogP contribution in [0.15, 0.2) is 0 Å². The van der Waals surface area contributed by atoms with Crippen molar-refractivity contribution < 1.29 is 24.3 Å². The first-order valence-electron chi connectivity index (χ1n) is 12.3. The second kappa shape index (κ2) is 14.5. The zero-order valence-corrected chi connectivity index (χ0v) is 21.3. The van der Waals surface area contributed by atoms with E-state index in [9.17, 15) is 24.3 Å². The smallest absolute Gasteiger partial charge is 0.326 e. The van der Waals surface area contributed by atoms with E-state index in [1.54, 1.807) is 0 Å². The molecule has 200 valence electrons. The van der Waals surface area contributed by atoms with Crippen LogP contribution in [0.1, 0.15) is 66.2 Å². The number of carboxylic acids is 1. The van der Waals surface area contributed by atoms with Gasteiger partial charge in [-0.15, -0.1) is 0 Å². The Kier molecular flexibility index (Phi) is 12.5. The van der Waals surface area contributed by atoms with Gasteiger partial charge in [0, 0.05) is 13.1 Å². The van der Waals surface area contributed by atoms with Crippen LogP contribution in [0.2, 0.25) is 0 Å². The van der Waals surface area contributed by atoms with Gasteiger partial charge in [-0.1, -0.05) is 27.7 Å². The highest BCUT2D eigenvalue weighted by Gasteiger charge is 2.39. The summed E-state index contributed by atoms with van der Waals surface area (Å²) in [5, 5.41) is 24.5. The number of nitrogens with two attached hydrogens (primary N) is 2. The van der Waals surface area contributed by atoms with Gasteiger partial charge in [-0.05, 0) is 50.4 Å². The van der Waals surface area contributed by atoms with Crippen LogP contribution in [0, 0.1) is 17.2 Å². The highest BCUT2D eigenvalue weighted by molar-refractivity contribution is 5.94. The molecule has 0 aliphatic carbocycles. The number of aliphatic carboxylic acids is 1. The summed E-state index contributed by atoms with van der Waals surface area (Å²) in [6, 6.07) is -3.49. The van der Waals surface area contributed by atoms with Crippen LogP contribution < -0.4 is 27.4 Å². The minimum absolute atomic E-state index is 0.112. The quantitative estimate of drug-likeness (QED) is 0.0962. The second-order valence-electron chi connectivity index (χ2n) is 10.00. The maximum atomic E-state index is 13.4. The van der Waals surface area contributed by atoms with Gasteiger partial charge in [0.05, 0.1) is 6.04 Å². The molecular weight excluding hydrogens is 454 g/mol. The van der Waals surface area contributed by atoms with Crippen LogP contribution in [0.4, 0.5) is 0 Å². The topological polar surface area (TPSA) is 204 Å². The fourth-order valence-corrected chi connectivity index (χ4v) is 4.14. The molecule has 0 aromatic carbocycles. The Labute approximate surface area is 207 Å². The van der Waals surface area contributed by atoms with Crippen molar-refractivity contribution in [3.63, 3.8) is 0 Å². The number of nitrogens with zero attached hydrogens (tertiary/aromatic N) is 1. The maximum Gasteiger partial charge on any atom is 0.326 e. The number of carbonyl (C=O) groups excluding carboxylic acids is 3. The third kappa shape index (κ3) is 10.5. The fraction of sp³-hybridized carbons (Fsp3) is 0.783. The molecule has 3 amide bonds. The molecular formula is C23H43N7O5. The molecule has 0 saturated carbocycles. The standard InChI is InChI=1S/C23H43N7O5/c1-13(2)11-15(24)19(31)29-17(12-14(3)4)21(33)30-10-6-8-18(30)20(32)28-16(22(34)35)7-5-9-27-23(25)26/h13-18H,5-12,24H2,1-4H3,(H,28,32)(H,29,31)(H,34,35)(H4,25,26,27)/t15-,16-,17-,18-/m0/s1. The SMILES string of the molecule is CC(C)C[C@H](NC(=O)[C@@H](N)CC(C)C)C(=O)N1CCC[C@H]1C(=O)N[C@@H](CCCNC(=N)N)C(=O)O. The summed E-state index contributed by atoms with van der Waals surface area (Å²) < 4.78 is 0. The Morgan fingerprint density at radius 1 is 1.06 bits per heavy atom. The predicted octanol–water partition coefficient (Wildman–Crippen LogP) is -0.286. The lowest BCUT2D eigenvalue weighted by Crippen LogP contribution is -2.57. The van der Waals surface area contributed by atoms with E-state index in [4.69, 9.17) is 16.9 Å². The molecule has 1 aliphatic heterocycles. The van der Waals surface area contributed by atoms with Crippen molar-refractivity contribution in [2.45, 2.75) is 90.4 Å². The van der Waals surface area contributed by atoms with E-state index in [1.165, 1.54) is 4.90 Å². The zero-order valence-electron chi connectivity index (χ0n) is 21.3. The third-order valence-electron chi connectivity index (χ3n) is 5.82. The summed E-state index contributed by atoms with van der Waals surface area (Å²) in [6.07, 6.45) is 2.40. The fourth-order valence-electron chi connectivity index (χ4n) is 4.14. The van der Waals surface area contributed by atoms with Crippen LogP contribution in [-0.4, -0.2) is 76.9 Å². The van der Waals surface area contributed by atoms with E-state index < -0.39 is 42.0 Å². The molecule has 0 spiro atoms. The molecule has 12 heteroatoms. The third-order valence-corrected chi connectivity index (χ3v) is 5.82. The summed E-state index contributed by atoms with van der Waals surface area (Å²) in [7, 11) is 0. The van der Waals surface area contributed by atoms with Crippen molar-refractivity contribution in [2.75, 3.05) is 13.1 Å². The lowest BCUT2D eigenvalue weighted by molar-refractivity contribution is -0.145. The van der Waals surface area contributed by atoms with Gasteiger partial charge in [-0.25, -0.2) is 4.79 Å². The van der Waals surface area contributed by atoms with Crippen LogP contribution >= 0.6 is 0 Å². The highest BCUT2D eigenvalue weighted by Crippen LogP contribution is 2.21. The van der Waals surface area contributed by atoms with Crippen molar-refractivity contribution in [1.29, 1.82) is 5.41 Å². The number of hydrogen-bond acceptors (Lipinski definition) is 6. The van der Waals surface area contributed by atoms with Gasteiger partial charge < -0.3 is 37.4 Å². The average Bonchev–Trinajstić information content (AvgIpc) is 3.23. The lowest BCUT2D eigenvalue weighted by atomic mass is 10.00. The molecule has 0 unspecified atom stereocenters. The number of hydrogen-bond donors (Lipinski definition) is 7. The molecule has 1 aliphatic rings. The van der Waals surface area contributed by atoms with Crippen LogP contribution in [0.25, 0.3) is 0 Å². The maximum absolute atomic E-state index is 13.4. The van der Waals surface area contributed by atoms with Gasteiger partial charge in [0.25, 0.3) is 0 Å². The number of carboxylic acid groups (broad SMARTS) is 1. The minimum Gasteiger partial charge on any atom is -0.480 e. The van der Waals surface area contributed by atoms with Gasteiger partial charge in [-0.2, -0.15) is 0 Å². The van der Waals surface area contributed by atoms with Crippen LogP contribution in [0.3, 0.4) is 0 Å². The molecule has 0 radical (unpaired) electrons. The molecule has 12 nitrogen and oxygen atoms in total. The Balaban J connectivity index is 2.87. The van der Waals surface area contributed by atoms with Gasteiger partial charge in [0.15, 0.2) is 5.96 Å². The van der Waals surface area contributed by atoms with Gasteiger partial charge in [0.2, 0.25) is 17.7 Å². The first-order valence-corrected chi connectivity index (χ1v) is 12.3. The number of nitrogens with one attached hydrogen (secondary N) is 4. The number of rotatable bonds is 14. The Morgan fingerprint density at radius 2 is 1.69 bits per heavy atom. The molecule has 0 aromatic rings. The molecule has 1 saturated heterocycles. The van der Waals surface area contributed by atoms with E-state index in [0.29, 0.717) is 45.2 Å². The molecule has 0 aromatic heterocycles. The van der Waals surface area contributed by atoms with Crippen molar-refractivity contribution in [3.05, 3.63) is 0 Å². The minimum atomic E-state index is -1.18. The summed E-state index contributed by atoms with van der Waals surface area (Å²) in [5.41, 5.74) is 11.2. The predicted molar refractivity (Wildman–Crippen MR) is 132 cm³/mol. The summed E-state index contributed by atoms with van der Waals surface area (Å²) in [5.74, 6) is -2.35. The molecule has 1 fully saturated rings. The van der Waals surface area contributed by atoms with E-state index in [1.807, 2.05) is 27.7 Å².